The van der Waals surface area contributed by atoms with Crippen LogP contribution in [-0.2, 0) is 9.47 Å². The number of hydrogen-bond acceptors (Lipinski definition) is 5. The quantitative estimate of drug-likeness (QED) is 0.788. The molecule has 2 aliphatic heterocycles. The van der Waals surface area contributed by atoms with Gasteiger partial charge in [0.25, 0.3) is 0 Å². The maximum atomic E-state index is 5.81. The first-order chi connectivity index (χ1) is 12.3. The molecule has 1 saturated heterocycles. The lowest BCUT2D eigenvalue weighted by Gasteiger charge is -2.47. The molecule has 1 aromatic rings. The van der Waals surface area contributed by atoms with Crippen LogP contribution in [0.2, 0.25) is 0 Å². The normalized spacial score (nSPS) is 36.8. The van der Waals surface area contributed by atoms with Gasteiger partial charge >= 0.3 is 0 Å². The van der Waals surface area contributed by atoms with Gasteiger partial charge < -0.3 is 18.9 Å². The Morgan fingerprint density at radius 1 is 1.04 bits per heavy atom. The number of ether oxygens (including phenoxy) is 4. The number of benzene rings is 1. The van der Waals surface area contributed by atoms with E-state index >= 15 is 0 Å². The molecule has 6 atom stereocenters. The van der Waals surface area contributed by atoms with Gasteiger partial charge in [-0.3, -0.25) is 4.99 Å². The molecular weight excluding hydrogens is 354 g/mol. The number of methoxy groups -OCH3 is 2. The van der Waals surface area contributed by atoms with Gasteiger partial charge in [-0.1, -0.05) is 6.07 Å². The van der Waals surface area contributed by atoms with Crippen LogP contribution in [0.15, 0.2) is 17.1 Å². The summed E-state index contributed by atoms with van der Waals surface area (Å²) >= 11 is 0. The molecular formula is C20H26ClNO4. The molecule has 2 aliphatic carbocycles. The van der Waals surface area contributed by atoms with Crippen LogP contribution in [0.4, 0.5) is 0 Å². The zero-order valence-electron chi connectivity index (χ0n) is 15.2. The molecule has 6 unspecified atom stereocenters. The zero-order chi connectivity index (χ0) is 17.0. The third kappa shape index (κ3) is 2.63. The number of rotatable bonds is 2. The molecule has 0 spiro atoms. The molecule has 26 heavy (non-hydrogen) atoms. The molecule has 2 heterocycles. The molecule has 1 aromatic carbocycles. The van der Waals surface area contributed by atoms with Crippen molar-refractivity contribution < 1.29 is 18.9 Å². The molecule has 2 saturated carbocycles. The summed E-state index contributed by atoms with van der Waals surface area (Å²) in [7, 11) is 3.38. The van der Waals surface area contributed by atoms with E-state index in [-0.39, 0.29) is 18.5 Å². The fourth-order valence-corrected chi connectivity index (χ4v) is 5.55. The van der Waals surface area contributed by atoms with Gasteiger partial charge in [0.15, 0.2) is 11.5 Å². The van der Waals surface area contributed by atoms with E-state index in [9.17, 15) is 0 Å². The predicted octanol–water partition coefficient (Wildman–Crippen LogP) is 3.57. The summed E-state index contributed by atoms with van der Waals surface area (Å²) in [5, 5.41) is 0. The van der Waals surface area contributed by atoms with E-state index in [4.69, 9.17) is 23.9 Å². The van der Waals surface area contributed by atoms with Crippen LogP contribution < -0.4 is 9.47 Å². The van der Waals surface area contributed by atoms with Crippen LogP contribution >= 0.6 is 12.4 Å². The molecule has 0 radical (unpaired) electrons. The van der Waals surface area contributed by atoms with E-state index in [0.717, 1.165) is 29.9 Å². The van der Waals surface area contributed by atoms with E-state index in [2.05, 4.69) is 6.07 Å². The lowest BCUT2D eigenvalue weighted by molar-refractivity contribution is 0.0114. The summed E-state index contributed by atoms with van der Waals surface area (Å²) in [5.41, 5.74) is 2.46. The maximum Gasteiger partial charge on any atom is 0.169 e. The van der Waals surface area contributed by atoms with Gasteiger partial charge in [-0.15, -0.1) is 12.4 Å². The lowest BCUT2D eigenvalue weighted by atomic mass is 9.61. The van der Waals surface area contributed by atoms with E-state index in [0.29, 0.717) is 36.7 Å². The van der Waals surface area contributed by atoms with Gasteiger partial charge in [-0.25, -0.2) is 0 Å². The number of aliphatic imine (C=N–C) groups is 1. The number of halogens is 1. The van der Waals surface area contributed by atoms with Crippen molar-refractivity contribution >= 4 is 18.6 Å². The van der Waals surface area contributed by atoms with Crippen LogP contribution in [0.5, 0.6) is 11.5 Å². The summed E-state index contributed by atoms with van der Waals surface area (Å²) < 4.78 is 22.7. The van der Waals surface area contributed by atoms with Crippen molar-refractivity contribution in [2.24, 2.45) is 16.8 Å². The highest BCUT2D eigenvalue weighted by molar-refractivity contribution is 5.89. The van der Waals surface area contributed by atoms with Crippen molar-refractivity contribution in [2.75, 3.05) is 21.0 Å². The van der Waals surface area contributed by atoms with E-state index in [1.807, 2.05) is 12.3 Å². The Morgan fingerprint density at radius 3 is 2.62 bits per heavy atom. The Morgan fingerprint density at radius 2 is 1.85 bits per heavy atom. The molecule has 0 aromatic heterocycles. The second-order valence-electron chi connectivity index (χ2n) is 7.68. The Kier molecular flexibility index (Phi) is 4.88. The minimum atomic E-state index is 0. The maximum absolute atomic E-state index is 5.81. The third-order valence-corrected chi connectivity index (χ3v) is 6.72. The number of fused-ring (bicyclic) bond motifs is 6. The summed E-state index contributed by atoms with van der Waals surface area (Å²) in [6, 6.07) is 4.60. The largest absolute Gasteiger partial charge is 0.493 e. The minimum absolute atomic E-state index is 0. The van der Waals surface area contributed by atoms with Crippen molar-refractivity contribution in [3.05, 3.63) is 23.3 Å². The minimum Gasteiger partial charge on any atom is -0.493 e. The van der Waals surface area contributed by atoms with Crippen LogP contribution in [0.1, 0.15) is 42.7 Å². The van der Waals surface area contributed by atoms with Crippen LogP contribution in [-0.4, -0.2) is 45.5 Å². The molecule has 4 aliphatic rings. The molecule has 142 valence electrons. The highest BCUT2D eigenvalue weighted by atomic mass is 35.5. The first-order valence-corrected chi connectivity index (χ1v) is 9.31. The van der Waals surface area contributed by atoms with Crippen LogP contribution in [0, 0.1) is 11.8 Å². The van der Waals surface area contributed by atoms with Gasteiger partial charge in [0, 0.05) is 17.7 Å². The van der Waals surface area contributed by atoms with Gasteiger partial charge in [-0.2, -0.15) is 0 Å². The van der Waals surface area contributed by atoms with Crippen molar-refractivity contribution in [3.63, 3.8) is 0 Å². The summed E-state index contributed by atoms with van der Waals surface area (Å²) in [4.78, 5) is 5.02. The Labute approximate surface area is 160 Å². The van der Waals surface area contributed by atoms with Crippen LogP contribution in [0.3, 0.4) is 0 Å². The molecule has 0 N–H and O–H groups in total. The van der Waals surface area contributed by atoms with E-state index in [1.54, 1.807) is 14.2 Å². The van der Waals surface area contributed by atoms with Crippen molar-refractivity contribution in [1.82, 2.24) is 0 Å². The Balaban J connectivity index is 0.00000168. The molecule has 0 amide bonds. The van der Waals surface area contributed by atoms with Crippen molar-refractivity contribution in [3.8, 4) is 11.5 Å². The molecule has 5 nitrogen and oxygen atoms in total. The van der Waals surface area contributed by atoms with Gasteiger partial charge in [-0.05, 0) is 49.1 Å². The van der Waals surface area contributed by atoms with E-state index < -0.39 is 0 Å². The average molecular weight is 380 g/mol. The Hall–Kier alpha value is -1.30. The third-order valence-electron chi connectivity index (χ3n) is 6.72. The number of hydrogen-bond donors (Lipinski definition) is 0. The van der Waals surface area contributed by atoms with Gasteiger partial charge in [0.05, 0.1) is 32.5 Å². The van der Waals surface area contributed by atoms with E-state index in [1.165, 1.54) is 18.4 Å². The topological polar surface area (TPSA) is 49.3 Å². The number of nitrogens with zero attached hydrogens (tertiary/aromatic N) is 1. The summed E-state index contributed by atoms with van der Waals surface area (Å²) in [5.74, 6) is 3.36. The SMILES string of the molecule is COc1ccc2c(c1OC)C=NC1C2CCC2CC3OCOC3CC21.Cl. The highest BCUT2D eigenvalue weighted by Crippen LogP contribution is 2.52. The first kappa shape index (κ1) is 18.1. The first-order valence-electron chi connectivity index (χ1n) is 9.31. The molecule has 3 fully saturated rings. The predicted molar refractivity (Wildman–Crippen MR) is 101 cm³/mol. The van der Waals surface area contributed by atoms with Gasteiger partial charge in [0.1, 0.15) is 6.79 Å². The monoisotopic (exact) mass is 379 g/mol. The second kappa shape index (κ2) is 7.02. The standard InChI is InChI=1S/C20H25NO4.ClH/c1-22-16-6-5-12-13-4-3-11-7-17-18(25-10-24-17)8-14(11)19(13)21-9-15(12)20(16)23-2;/h5-6,9,11,13-14,17-19H,3-4,7-8,10H2,1-2H3;1H. The Bertz CT molecular complexity index is 709. The average Bonchev–Trinajstić information content (AvgIpc) is 3.11. The fourth-order valence-electron chi connectivity index (χ4n) is 5.55. The van der Waals surface area contributed by atoms with Crippen molar-refractivity contribution in [1.29, 1.82) is 0 Å². The zero-order valence-corrected chi connectivity index (χ0v) is 16.0. The fraction of sp³-hybridized carbons (Fsp3) is 0.650. The highest BCUT2D eigenvalue weighted by Gasteiger charge is 2.49. The molecule has 0 bridgehead atoms. The molecule has 5 rings (SSSR count). The van der Waals surface area contributed by atoms with Gasteiger partial charge in [0.2, 0.25) is 0 Å². The lowest BCUT2D eigenvalue weighted by Crippen LogP contribution is -2.47. The smallest absolute Gasteiger partial charge is 0.169 e. The summed E-state index contributed by atoms with van der Waals surface area (Å²) in [6.07, 6.45) is 7.23. The molecule has 6 heteroatoms. The van der Waals surface area contributed by atoms with Crippen molar-refractivity contribution in [2.45, 2.75) is 49.9 Å². The van der Waals surface area contributed by atoms with Crippen LogP contribution in [0.25, 0.3) is 0 Å². The summed E-state index contributed by atoms with van der Waals surface area (Å²) in [6.45, 7) is 0.464. The second-order valence-corrected chi connectivity index (χ2v) is 7.68.